The Morgan fingerprint density at radius 3 is 2.74 bits per heavy atom. The van der Waals surface area contributed by atoms with Crippen LogP contribution in [0.1, 0.15) is 39.0 Å². The fourth-order valence-electron chi connectivity index (χ4n) is 3.23. The third-order valence-corrected chi connectivity index (χ3v) is 4.25. The highest BCUT2D eigenvalue weighted by Gasteiger charge is 2.25. The van der Waals surface area contributed by atoms with Gasteiger partial charge in [0.2, 0.25) is 5.91 Å². The number of hydrogen-bond donors (Lipinski definition) is 0. The molecule has 2 aliphatic rings. The van der Waals surface area contributed by atoms with Crippen LogP contribution in [0.2, 0.25) is 0 Å². The summed E-state index contributed by atoms with van der Waals surface area (Å²) in [5.41, 5.74) is 0. The first kappa shape index (κ1) is 14.8. The van der Waals surface area contributed by atoms with Gasteiger partial charge in [-0.15, -0.1) is 0 Å². The Bertz CT molecular complexity index is 277. The molecule has 0 aliphatic carbocycles. The summed E-state index contributed by atoms with van der Waals surface area (Å²) in [6, 6.07) is 0. The fourth-order valence-corrected chi connectivity index (χ4v) is 3.23. The molecule has 4 nitrogen and oxygen atoms in total. The molecular weight excluding hydrogens is 240 g/mol. The van der Waals surface area contributed by atoms with Crippen LogP contribution in [0.5, 0.6) is 0 Å². The molecule has 2 aliphatic heterocycles. The number of nitrogens with zero attached hydrogens (tertiary/aromatic N) is 2. The van der Waals surface area contributed by atoms with Crippen LogP contribution in [0, 0.1) is 5.92 Å². The van der Waals surface area contributed by atoms with E-state index in [1.807, 2.05) is 6.92 Å². The molecule has 2 fully saturated rings. The lowest BCUT2D eigenvalue weighted by atomic mass is 9.97. The van der Waals surface area contributed by atoms with E-state index in [4.69, 9.17) is 4.74 Å². The van der Waals surface area contributed by atoms with E-state index in [2.05, 4.69) is 9.80 Å². The zero-order chi connectivity index (χ0) is 13.5. The van der Waals surface area contributed by atoms with E-state index < -0.39 is 0 Å². The van der Waals surface area contributed by atoms with Gasteiger partial charge in [0, 0.05) is 26.2 Å². The zero-order valence-corrected chi connectivity index (χ0v) is 12.3. The van der Waals surface area contributed by atoms with Crippen molar-refractivity contribution in [2.75, 3.05) is 45.9 Å². The Hall–Kier alpha value is -0.610. The van der Waals surface area contributed by atoms with E-state index in [-0.39, 0.29) is 5.91 Å². The molecule has 4 heteroatoms. The smallest absolute Gasteiger partial charge is 0.224 e. The van der Waals surface area contributed by atoms with Crippen LogP contribution in [0.25, 0.3) is 0 Å². The maximum absolute atomic E-state index is 12.1. The first-order valence-corrected chi connectivity index (χ1v) is 7.87. The molecule has 1 unspecified atom stereocenters. The standard InChI is InChI=1S/C15H28N2O2/c1-2-19-11-7-15(18)17-10-5-6-14(13-17)12-16-8-3-4-9-16/h14H,2-13H2,1H3. The maximum atomic E-state index is 12.1. The monoisotopic (exact) mass is 268 g/mol. The minimum Gasteiger partial charge on any atom is -0.381 e. The number of piperidine rings is 1. The van der Waals surface area contributed by atoms with Crippen molar-refractivity contribution in [1.82, 2.24) is 9.80 Å². The number of amides is 1. The third-order valence-electron chi connectivity index (χ3n) is 4.25. The van der Waals surface area contributed by atoms with Crippen LogP contribution in [0.15, 0.2) is 0 Å². The highest BCUT2D eigenvalue weighted by atomic mass is 16.5. The summed E-state index contributed by atoms with van der Waals surface area (Å²) >= 11 is 0. The molecule has 0 aromatic rings. The van der Waals surface area contributed by atoms with Crippen LogP contribution < -0.4 is 0 Å². The van der Waals surface area contributed by atoms with Crippen LogP contribution in [0.4, 0.5) is 0 Å². The molecule has 1 amide bonds. The minimum atomic E-state index is 0.277. The van der Waals surface area contributed by atoms with Gasteiger partial charge < -0.3 is 14.5 Å². The van der Waals surface area contributed by atoms with Crippen molar-refractivity contribution in [3.63, 3.8) is 0 Å². The Balaban J connectivity index is 1.71. The SMILES string of the molecule is CCOCCC(=O)N1CCCC(CN2CCCC2)C1. The summed E-state index contributed by atoms with van der Waals surface area (Å²) in [5, 5.41) is 0. The van der Waals surface area contributed by atoms with Gasteiger partial charge in [0.1, 0.15) is 0 Å². The van der Waals surface area contributed by atoms with E-state index in [0.717, 1.165) is 13.1 Å². The second-order valence-electron chi connectivity index (χ2n) is 5.80. The van der Waals surface area contributed by atoms with Gasteiger partial charge in [-0.3, -0.25) is 4.79 Å². The normalized spacial score (nSPS) is 24.9. The lowest BCUT2D eigenvalue weighted by Crippen LogP contribution is -2.43. The number of rotatable bonds is 6. The van der Waals surface area contributed by atoms with Crippen molar-refractivity contribution in [2.45, 2.75) is 39.0 Å². The summed E-state index contributed by atoms with van der Waals surface area (Å²) < 4.78 is 5.27. The molecule has 0 aromatic heterocycles. The van der Waals surface area contributed by atoms with Crippen LogP contribution >= 0.6 is 0 Å². The molecule has 0 spiro atoms. The van der Waals surface area contributed by atoms with E-state index in [1.54, 1.807) is 0 Å². The predicted octanol–water partition coefficient (Wildman–Crippen LogP) is 1.75. The van der Waals surface area contributed by atoms with E-state index in [0.29, 0.717) is 25.6 Å². The van der Waals surface area contributed by atoms with Gasteiger partial charge in [0.15, 0.2) is 0 Å². The average Bonchev–Trinajstić information content (AvgIpc) is 2.92. The zero-order valence-electron chi connectivity index (χ0n) is 12.3. The van der Waals surface area contributed by atoms with Crippen LogP contribution in [-0.4, -0.2) is 61.6 Å². The largest absolute Gasteiger partial charge is 0.381 e. The van der Waals surface area contributed by atoms with Gasteiger partial charge in [0.25, 0.3) is 0 Å². The number of carbonyl (C=O) groups is 1. The minimum absolute atomic E-state index is 0.277. The number of hydrogen-bond acceptors (Lipinski definition) is 3. The van der Waals surface area contributed by atoms with Gasteiger partial charge in [0.05, 0.1) is 13.0 Å². The second kappa shape index (κ2) is 7.85. The summed E-state index contributed by atoms with van der Waals surface area (Å²) in [6.07, 6.45) is 5.70. The molecule has 19 heavy (non-hydrogen) atoms. The van der Waals surface area contributed by atoms with Gasteiger partial charge in [-0.05, 0) is 51.6 Å². The average molecular weight is 268 g/mol. The highest BCUT2D eigenvalue weighted by Crippen LogP contribution is 2.20. The van der Waals surface area contributed by atoms with Gasteiger partial charge in [-0.25, -0.2) is 0 Å². The summed E-state index contributed by atoms with van der Waals surface area (Å²) in [5.74, 6) is 0.961. The molecule has 110 valence electrons. The molecule has 2 heterocycles. The van der Waals surface area contributed by atoms with Crippen molar-refractivity contribution in [3.05, 3.63) is 0 Å². The Morgan fingerprint density at radius 2 is 2.00 bits per heavy atom. The van der Waals surface area contributed by atoms with Gasteiger partial charge in [-0.2, -0.15) is 0 Å². The predicted molar refractivity (Wildman–Crippen MR) is 76.1 cm³/mol. The van der Waals surface area contributed by atoms with Crippen molar-refractivity contribution >= 4 is 5.91 Å². The molecular formula is C15H28N2O2. The molecule has 2 rings (SSSR count). The van der Waals surface area contributed by atoms with Crippen molar-refractivity contribution < 1.29 is 9.53 Å². The number of ether oxygens (including phenoxy) is 1. The third kappa shape index (κ3) is 4.77. The number of likely N-dealkylation sites (tertiary alicyclic amines) is 2. The molecule has 1 atom stereocenters. The molecule has 0 N–H and O–H groups in total. The molecule has 0 saturated carbocycles. The summed E-state index contributed by atoms with van der Waals surface area (Å²) in [4.78, 5) is 16.7. The van der Waals surface area contributed by atoms with E-state index in [9.17, 15) is 4.79 Å². The first-order valence-electron chi connectivity index (χ1n) is 7.87. The number of carbonyl (C=O) groups excluding carboxylic acids is 1. The summed E-state index contributed by atoms with van der Waals surface area (Å²) in [6.45, 7) is 8.85. The lowest BCUT2D eigenvalue weighted by molar-refractivity contribution is -0.134. The first-order chi connectivity index (χ1) is 9.29. The quantitative estimate of drug-likeness (QED) is 0.688. The van der Waals surface area contributed by atoms with Crippen molar-refractivity contribution in [2.24, 2.45) is 5.92 Å². The maximum Gasteiger partial charge on any atom is 0.224 e. The Kier molecular flexibility index (Phi) is 6.11. The Morgan fingerprint density at radius 1 is 1.21 bits per heavy atom. The topological polar surface area (TPSA) is 32.8 Å². The van der Waals surface area contributed by atoms with Crippen molar-refractivity contribution in [3.8, 4) is 0 Å². The van der Waals surface area contributed by atoms with Crippen LogP contribution in [-0.2, 0) is 9.53 Å². The molecule has 0 aromatic carbocycles. The van der Waals surface area contributed by atoms with Gasteiger partial charge >= 0.3 is 0 Å². The van der Waals surface area contributed by atoms with Gasteiger partial charge in [-0.1, -0.05) is 0 Å². The molecule has 0 radical (unpaired) electrons. The van der Waals surface area contributed by atoms with E-state index in [1.165, 1.54) is 45.3 Å². The second-order valence-corrected chi connectivity index (χ2v) is 5.80. The van der Waals surface area contributed by atoms with E-state index >= 15 is 0 Å². The molecule has 2 saturated heterocycles. The fraction of sp³-hybridized carbons (Fsp3) is 0.933. The van der Waals surface area contributed by atoms with Crippen LogP contribution in [0.3, 0.4) is 0 Å². The molecule has 0 bridgehead atoms. The lowest BCUT2D eigenvalue weighted by Gasteiger charge is -2.34. The highest BCUT2D eigenvalue weighted by molar-refractivity contribution is 5.76. The summed E-state index contributed by atoms with van der Waals surface area (Å²) in [7, 11) is 0. The Labute approximate surface area is 117 Å². The van der Waals surface area contributed by atoms with Crippen molar-refractivity contribution in [1.29, 1.82) is 0 Å².